The van der Waals surface area contributed by atoms with Crippen LogP contribution in [0.4, 0.5) is 10.5 Å². The number of urea groups is 1. The maximum Gasteiger partial charge on any atom is 0.320 e. The van der Waals surface area contributed by atoms with Crippen LogP contribution in [0.15, 0.2) is 30.5 Å². The summed E-state index contributed by atoms with van der Waals surface area (Å²) in [6, 6.07) is 8.23. The first-order valence-corrected chi connectivity index (χ1v) is 12.4. The van der Waals surface area contributed by atoms with Crippen LogP contribution in [-0.4, -0.2) is 57.9 Å². The van der Waals surface area contributed by atoms with Gasteiger partial charge in [-0.1, -0.05) is 26.0 Å². The monoisotopic (exact) mass is 474 g/mol. The van der Waals surface area contributed by atoms with Crippen LogP contribution in [0.1, 0.15) is 80.3 Å². The first-order chi connectivity index (χ1) is 16.7. The number of aromatic nitrogens is 2. The Morgan fingerprint density at radius 3 is 2.54 bits per heavy atom. The Labute approximate surface area is 207 Å². The van der Waals surface area contributed by atoms with Gasteiger partial charge in [-0.05, 0) is 61.8 Å². The summed E-state index contributed by atoms with van der Waals surface area (Å²) in [5.41, 5.74) is 4.57. The number of carbonyl (C=O) groups excluding carboxylic acids is 2. The highest BCUT2D eigenvalue weighted by Gasteiger charge is 2.31. The standard InChI is InChI=1S/C27H34N6O2/c1-5-32-16-20(17-33(6-2)26(32)35)19-7-8-23(31-25(34)24-29-15-21(14-28)30-24)22(13-19)18-9-11-27(3,4)12-10-18/h7-9,13,15,20H,5-6,10-12,16-17H2,1-4H3,(H,29,30)(H,31,34). The molecular weight excluding hydrogens is 440 g/mol. The number of amides is 3. The second-order valence-electron chi connectivity index (χ2n) is 10.2. The van der Waals surface area contributed by atoms with Crippen LogP contribution in [0.2, 0.25) is 0 Å². The molecule has 1 aromatic heterocycles. The molecule has 2 heterocycles. The molecular formula is C27H34N6O2. The van der Waals surface area contributed by atoms with Crippen molar-refractivity contribution in [3.8, 4) is 6.07 Å². The minimum absolute atomic E-state index is 0.0998. The topological polar surface area (TPSA) is 105 Å². The SMILES string of the molecule is CCN1CC(c2ccc(NC(=O)c3nc(C#N)c[nH]3)c(C3=CCC(C)(C)CC3)c2)CN(CC)C1=O. The van der Waals surface area contributed by atoms with Crippen LogP contribution in [0.5, 0.6) is 0 Å². The number of hydrogen-bond donors (Lipinski definition) is 2. The van der Waals surface area contributed by atoms with E-state index in [1.54, 1.807) is 0 Å². The van der Waals surface area contributed by atoms with Gasteiger partial charge < -0.3 is 20.1 Å². The molecule has 2 aromatic rings. The van der Waals surface area contributed by atoms with E-state index in [0.717, 1.165) is 36.1 Å². The lowest BCUT2D eigenvalue weighted by Crippen LogP contribution is -2.52. The molecule has 1 aliphatic carbocycles. The van der Waals surface area contributed by atoms with E-state index >= 15 is 0 Å². The maximum atomic E-state index is 12.9. The van der Waals surface area contributed by atoms with Crippen LogP contribution in [0.25, 0.3) is 5.57 Å². The molecule has 35 heavy (non-hydrogen) atoms. The summed E-state index contributed by atoms with van der Waals surface area (Å²) in [6.07, 6.45) is 6.71. The van der Waals surface area contributed by atoms with E-state index in [0.29, 0.717) is 26.2 Å². The largest absolute Gasteiger partial charge is 0.339 e. The third-order valence-electron chi connectivity index (χ3n) is 7.17. The van der Waals surface area contributed by atoms with Crippen molar-refractivity contribution in [1.82, 2.24) is 19.8 Å². The molecule has 4 rings (SSSR count). The van der Waals surface area contributed by atoms with Crippen LogP contribution in [-0.2, 0) is 0 Å². The van der Waals surface area contributed by atoms with Gasteiger partial charge in [-0.25, -0.2) is 9.78 Å². The fourth-order valence-electron chi connectivity index (χ4n) is 4.87. The van der Waals surface area contributed by atoms with Crippen molar-refractivity contribution in [3.05, 3.63) is 53.1 Å². The highest BCUT2D eigenvalue weighted by Crippen LogP contribution is 2.41. The third-order valence-corrected chi connectivity index (χ3v) is 7.17. The minimum Gasteiger partial charge on any atom is -0.339 e. The smallest absolute Gasteiger partial charge is 0.320 e. The highest BCUT2D eigenvalue weighted by molar-refractivity contribution is 6.03. The molecule has 0 spiro atoms. The Morgan fingerprint density at radius 1 is 1.26 bits per heavy atom. The fraction of sp³-hybridized carbons (Fsp3) is 0.481. The van der Waals surface area contributed by atoms with Gasteiger partial charge in [0.05, 0.1) is 0 Å². The molecule has 1 aliphatic heterocycles. The Kier molecular flexibility index (Phi) is 6.97. The summed E-state index contributed by atoms with van der Waals surface area (Å²) in [5, 5.41) is 12.0. The lowest BCUT2D eigenvalue weighted by molar-refractivity contribution is 0.101. The molecule has 184 valence electrons. The Hall–Kier alpha value is -3.60. The summed E-state index contributed by atoms with van der Waals surface area (Å²) in [7, 11) is 0. The number of aromatic amines is 1. The summed E-state index contributed by atoms with van der Waals surface area (Å²) in [4.78, 5) is 36.1. The van der Waals surface area contributed by atoms with Gasteiger partial charge in [0, 0.05) is 49.5 Å². The molecule has 0 atom stereocenters. The van der Waals surface area contributed by atoms with Gasteiger partial charge in [-0.3, -0.25) is 4.79 Å². The second-order valence-corrected chi connectivity index (χ2v) is 10.2. The number of hydrogen-bond acceptors (Lipinski definition) is 4. The molecule has 0 unspecified atom stereocenters. The number of likely N-dealkylation sites (N-methyl/N-ethyl adjacent to an activating group) is 2. The second kappa shape index (κ2) is 9.95. The zero-order valence-electron chi connectivity index (χ0n) is 21.0. The molecule has 1 fully saturated rings. The first kappa shape index (κ1) is 24.5. The van der Waals surface area contributed by atoms with Crippen molar-refractivity contribution < 1.29 is 9.59 Å². The number of imidazole rings is 1. The van der Waals surface area contributed by atoms with Gasteiger partial charge in [0.25, 0.3) is 5.91 Å². The van der Waals surface area contributed by atoms with Gasteiger partial charge in [0.15, 0.2) is 11.5 Å². The molecule has 0 radical (unpaired) electrons. The number of benzene rings is 1. The Bertz CT molecular complexity index is 1170. The van der Waals surface area contributed by atoms with Crippen LogP contribution in [0.3, 0.4) is 0 Å². The van der Waals surface area contributed by atoms with Gasteiger partial charge in [-0.2, -0.15) is 5.26 Å². The van der Waals surface area contributed by atoms with E-state index < -0.39 is 0 Å². The predicted octanol–water partition coefficient (Wildman–Crippen LogP) is 4.99. The van der Waals surface area contributed by atoms with E-state index in [9.17, 15) is 9.59 Å². The van der Waals surface area contributed by atoms with Crippen LogP contribution < -0.4 is 5.32 Å². The quantitative estimate of drug-likeness (QED) is 0.615. The van der Waals surface area contributed by atoms with Gasteiger partial charge in [-0.15, -0.1) is 0 Å². The van der Waals surface area contributed by atoms with E-state index in [-0.39, 0.29) is 34.8 Å². The number of nitrogens with zero attached hydrogens (tertiary/aromatic N) is 4. The average molecular weight is 475 g/mol. The fourth-order valence-corrected chi connectivity index (χ4v) is 4.87. The zero-order valence-corrected chi connectivity index (χ0v) is 21.0. The molecule has 0 saturated carbocycles. The Morgan fingerprint density at radius 2 is 1.97 bits per heavy atom. The van der Waals surface area contributed by atoms with Crippen LogP contribution >= 0.6 is 0 Å². The van der Waals surface area contributed by atoms with Gasteiger partial charge in [0.2, 0.25) is 0 Å². The normalized spacial score (nSPS) is 18.3. The molecule has 1 aromatic carbocycles. The number of carbonyl (C=O) groups is 2. The molecule has 2 N–H and O–H groups in total. The number of H-pyrrole nitrogens is 1. The summed E-state index contributed by atoms with van der Waals surface area (Å²) in [5.74, 6) is -0.0758. The Balaban J connectivity index is 1.68. The molecule has 1 saturated heterocycles. The van der Waals surface area contributed by atoms with E-state index in [1.807, 2.05) is 35.8 Å². The number of nitriles is 1. The molecule has 8 heteroatoms. The van der Waals surface area contributed by atoms with E-state index in [4.69, 9.17) is 5.26 Å². The van der Waals surface area contributed by atoms with Crippen LogP contribution in [0, 0.1) is 16.7 Å². The van der Waals surface area contributed by atoms with Gasteiger partial charge in [0.1, 0.15) is 6.07 Å². The molecule has 8 nitrogen and oxygen atoms in total. The lowest BCUT2D eigenvalue weighted by Gasteiger charge is -2.39. The molecule has 0 bridgehead atoms. The highest BCUT2D eigenvalue weighted by atomic mass is 16.2. The van der Waals surface area contributed by atoms with Crippen molar-refractivity contribution in [3.63, 3.8) is 0 Å². The van der Waals surface area contributed by atoms with Crippen molar-refractivity contribution in [2.45, 2.75) is 52.9 Å². The van der Waals surface area contributed by atoms with E-state index in [1.165, 1.54) is 11.8 Å². The molecule has 3 amide bonds. The minimum atomic E-state index is -0.380. The number of anilines is 1. The average Bonchev–Trinajstić information content (AvgIpc) is 3.34. The molecule has 2 aliphatic rings. The van der Waals surface area contributed by atoms with E-state index in [2.05, 4.69) is 47.3 Å². The predicted molar refractivity (Wildman–Crippen MR) is 136 cm³/mol. The van der Waals surface area contributed by atoms with Crippen molar-refractivity contribution in [1.29, 1.82) is 5.26 Å². The summed E-state index contributed by atoms with van der Waals surface area (Å²) < 4.78 is 0. The summed E-state index contributed by atoms with van der Waals surface area (Å²) >= 11 is 0. The summed E-state index contributed by atoms with van der Waals surface area (Å²) in [6.45, 7) is 11.3. The lowest BCUT2D eigenvalue weighted by atomic mass is 9.76. The number of allylic oxidation sites excluding steroid dienone is 2. The first-order valence-electron chi connectivity index (χ1n) is 12.4. The van der Waals surface area contributed by atoms with Crippen molar-refractivity contribution in [2.24, 2.45) is 5.41 Å². The third kappa shape index (κ3) is 5.24. The maximum absolute atomic E-state index is 12.9. The zero-order chi connectivity index (χ0) is 25.2. The van der Waals surface area contributed by atoms with Gasteiger partial charge >= 0.3 is 6.03 Å². The number of nitrogens with one attached hydrogen (secondary N) is 2. The number of rotatable bonds is 6. The van der Waals surface area contributed by atoms with Crippen molar-refractivity contribution >= 4 is 23.2 Å². The van der Waals surface area contributed by atoms with Crippen molar-refractivity contribution in [2.75, 3.05) is 31.5 Å².